The Morgan fingerprint density at radius 3 is 2.13 bits per heavy atom. The van der Waals surface area contributed by atoms with E-state index in [1.807, 2.05) is 0 Å². The van der Waals surface area contributed by atoms with Crippen LogP contribution in [0.1, 0.15) is 39.0 Å². The fourth-order valence-corrected chi connectivity index (χ4v) is 3.24. The van der Waals surface area contributed by atoms with E-state index in [9.17, 15) is 4.79 Å². The molecule has 1 unspecified atom stereocenters. The van der Waals surface area contributed by atoms with E-state index in [-0.39, 0.29) is 49.2 Å². The number of halogens is 3. The molecule has 1 atom stereocenters. The van der Waals surface area contributed by atoms with Gasteiger partial charge in [0.1, 0.15) is 0 Å². The average Bonchev–Trinajstić information content (AvgIpc) is 2.42. The van der Waals surface area contributed by atoms with Crippen molar-refractivity contribution in [2.75, 3.05) is 39.8 Å². The van der Waals surface area contributed by atoms with E-state index in [0.717, 1.165) is 58.4 Å². The maximum atomic E-state index is 12.4. The van der Waals surface area contributed by atoms with Gasteiger partial charge in [0.05, 0.1) is 5.54 Å². The number of hydrogen-bond donors (Lipinski definition) is 2. The molecule has 0 spiro atoms. The predicted molar refractivity (Wildman–Crippen MR) is 103 cm³/mol. The first-order valence-corrected chi connectivity index (χ1v) is 8.00. The molecule has 8 heteroatoms. The van der Waals surface area contributed by atoms with Crippen molar-refractivity contribution in [3.05, 3.63) is 0 Å². The first-order chi connectivity index (χ1) is 9.49. The third kappa shape index (κ3) is 7.76. The van der Waals surface area contributed by atoms with E-state index in [1.54, 1.807) is 0 Å². The zero-order chi connectivity index (χ0) is 14.6. The van der Waals surface area contributed by atoms with Crippen LogP contribution in [0.3, 0.4) is 0 Å². The fourth-order valence-electron chi connectivity index (χ4n) is 3.24. The Morgan fingerprint density at radius 2 is 1.61 bits per heavy atom. The summed E-state index contributed by atoms with van der Waals surface area (Å²) in [5, 5.41) is 3.13. The van der Waals surface area contributed by atoms with E-state index < -0.39 is 5.54 Å². The molecule has 0 aromatic carbocycles. The van der Waals surface area contributed by atoms with Crippen LogP contribution in [0, 0.1) is 0 Å². The zero-order valence-electron chi connectivity index (χ0n) is 14.3. The van der Waals surface area contributed by atoms with Crippen molar-refractivity contribution in [1.82, 2.24) is 15.1 Å². The van der Waals surface area contributed by atoms with Gasteiger partial charge in [-0.3, -0.25) is 9.69 Å². The number of nitrogens with two attached hydrogens (primary N) is 1. The lowest BCUT2D eigenvalue weighted by molar-refractivity contribution is -0.128. The average molecular weight is 392 g/mol. The summed E-state index contributed by atoms with van der Waals surface area (Å²) in [5.74, 6) is 0.0545. The first kappa shape index (κ1) is 25.5. The maximum Gasteiger partial charge on any atom is 0.240 e. The SMILES string of the molecule is CC(CN1CCN(C)CC1)NC(=O)C1(N)CCCCC1.Cl.Cl.Cl. The summed E-state index contributed by atoms with van der Waals surface area (Å²) in [5.41, 5.74) is 5.65. The number of carbonyl (C=O) groups is 1. The second-order valence-corrected chi connectivity index (χ2v) is 6.70. The first-order valence-electron chi connectivity index (χ1n) is 8.00. The van der Waals surface area contributed by atoms with E-state index in [4.69, 9.17) is 5.73 Å². The van der Waals surface area contributed by atoms with Crippen molar-refractivity contribution < 1.29 is 4.79 Å². The number of rotatable bonds is 4. The molecule has 23 heavy (non-hydrogen) atoms. The Balaban J connectivity index is 0. The van der Waals surface area contributed by atoms with Crippen LogP contribution in [0.4, 0.5) is 0 Å². The molecular weight excluding hydrogens is 359 g/mol. The lowest BCUT2D eigenvalue weighted by Gasteiger charge is -2.36. The van der Waals surface area contributed by atoms with Crippen LogP contribution in [-0.4, -0.2) is 67.1 Å². The lowest BCUT2D eigenvalue weighted by atomic mass is 9.82. The lowest BCUT2D eigenvalue weighted by Crippen LogP contribution is -2.58. The molecule has 140 valence electrons. The Morgan fingerprint density at radius 1 is 1.09 bits per heavy atom. The minimum atomic E-state index is -0.616. The van der Waals surface area contributed by atoms with E-state index >= 15 is 0 Å². The molecule has 1 aliphatic heterocycles. The van der Waals surface area contributed by atoms with Crippen molar-refractivity contribution in [1.29, 1.82) is 0 Å². The van der Waals surface area contributed by atoms with Crippen LogP contribution in [0.5, 0.6) is 0 Å². The van der Waals surface area contributed by atoms with Crippen molar-refractivity contribution in [3.63, 3.8) is 0 Å². The van der Waals surface area contributed by atoms with Gasteiger partial charge >= 0.3 is 0 Å². The highest BCUT2D eigenvalue weighted by molar-refractivity contribution is 5.86. The van der Waals surface area contributed by atoms with Gasteiger partial charge in [0.25, 0.3) is 0 Å². The molecule has 0 radical (unpaired) electrons. The predicted octanol–water partition coefficient (Wildman–Crippen LogP) is 1.67. The minimum absolute atomic E-state index is 0. The largest absolute Gasteiger partial charge is 0.351 e. The highest BCUT2D eigenvalue weighted by Crippen LogP contribution is 2.26. The summed E-state index contributed by atoms with van der Waals surface area (Å²) in [6.07, 6.45) is 5.04. The van der Waals surface area contributed by atoms with Crippen molar-refractivity contribution in [2.24, 2.45) is 5.73 Å². The van der Waals surface area contributed by atoms with Crippen LogP contribution in [0.15, 0.2) is 0 Å². The van der Waals surface area contributed by atoms with Gasteiger partial charge in [0.15, 0.2) is 0 Å². The molecule has 1 heterocycles. The van der Waals surface area contributed by atoms with Gasteiger partial charge in [-0.2, -0.15) is 0 Å². The Bertz CT molecular complexity index is 333. The van der Waals surface area contributed by atoms with Gasteiger partial charge in [-0.25, -0.2) is 0 Å². The summed E-state index contributed by atoms with van der Waals surface area (Å²) in [7, 11) is 2.16. The maximum absolute atomic E-state index is 12.4. The number of amides is 1. The number of likely N-dealkylation sites (N-methyl/N-ethyl adjacent to an activating group) is 1. The quantitative estimate of drug-likeness (QED) is 0.765. The van der Waals surface area contributed by atoms with Crippen LogP contribution < -0.4 is 11.1 Å². The van der Waals surface area contributed by atoms with Gasteiger partial charge in [0.2, 0.25) is 5.91 Å². The van der Waals surface area contributed by atoms with Gasteiger partial charge in [-0.1, -0.05) is 19.3 Å². The van der Waals surface area contributed by atoms with Crippen LogP contribution in [0.25, 0.3) is 0 Å². The molecule has 1 saturated heterocycles. The Kier molecular flexibility index (Phi) is 13.0. The van der Waals surface area contributed by atoms with Crippen LogP contribution >= 0.6 is 37.2 Å². The van der Waals surface area contributed by atoms with Crippen molar-refractivity contribution in [2.45, 2.75) is 50.6 Å². The number of hydrogen-bond acceptors (Lipinski definition) is 4. The molecule has 0 aromatic heterocycles. The summed E-state index contributed by atoms with van der Waals surface area (Å²) in [6, 6.07) is 0.174. The molecule has 0 bridgehead atoms. The van der Waals surface area contributed by atoms with Crippen LogP contribution in [0.2, 0.25) is 0 Å². The van der Waals surface area contributed by atoms with Gasteiger partial charge in [0, 0.05) is 38.8 Å². The Labute approximate surface area is 159 Å². The summed E-state index contributed by atoms with van der Waals surface area (Å²) in [6.45, 7) is 7.41. The molecule has 2 fully saturated rings. The number of piperazine rings is 1. The molecule has 3 N–H and O–H groups in total. The zero-order valence-corrected chi connectivity index (χ0v) is 16.7. The second kappa shape index (κ2) is 11.7. The highest BCUT2D eigenvalue weighted by Gasteiger charge is 2.35. The topological polar surface area (TPSA) is 61.6 Å². The van der Waals surface area contributed by atoms with Crippen molar-refractivity contribution in [3.8, 4) is 0 Å². The minimum Gasteiger partial charge on any atom is -0.351 e. The molecule has 2 rings (SSSR count). The van der Waals surface area contributed by atoms with Crippen molar-refractivity contribution >= 4 is 43.1 Å². The number of carbonyl (C=O) groups excluding carboxylic acids is 1. The van der Waals surface area contributed by atoms with Crippen LogP contribution in [-0.2, 0) is 4.79 Å². The molecular formula is C15H33Cl3N4O. The molecule has 0 aromatic rings. The third-order valence-electron chi connectivity index (χ3n) is 4.70. The third-order valence-corrected chi connectivity index (χ3v) is 4.70. The summed E-state index contributed by atoms with van der Waals surface area (Å²) < 4.78 is 0. The fraction of sp³-hybridized carbons (Fsp3) is 0.933. The standard InChI is InChI=1S/C15H30N4O.3ClH/c1-13(12-19-10-8-18(2)9-11-19)17-14(20)15(16)6-4-3-5-7-15;;;/h13H,3-12,16H2,1-2H3,(H,17,20);3*1H. The number of nitrogens with one attached hydrogen (secondary N) is 1. The van der Waals surface area contributed by atoms with Gasteiger partial charge in [-0.15, -0.1) is 37.2 Å². The molecule has 1 aliphatic carbocycles. The number of nitrogens with zero attached hydrogens (tertiary/aromatic N) is 2. The normalized spacial score (nSPS) is 22.7. The second-order valence-electron chi connectivity index (χ2n) is 6.70. The van der Waals surface area contributed by atoms with Gasteiger partial charge in [-0.05, 0) is 26.8 Å². The smallest absolute Gasteiger partial charge is 0.240 e. The molecule has 1 saturated carbocycles. The summed E-state index contributed by atoms with van der Waals surface area (Å²) >= 11 is 0. The Hall–Kier alpha value is 0.220. The molecule has 2 aliphatic rings. The molecule has 1 amide bonds. The van der Waals surface area contributed by atoms with E-state index in [1.165, 1.54) is 6.42 Å². The summed E-state index contributed by atoms with van der Waals surface area (Å²) in [4.78, 5) is 17.1. The van der Waals surface area contributed by atoms with Gasteiger partial charge < -0.3 is 16.0 Å². The van der Waals surface area contributed by atoms with E-state index in [2.05, 4.69) is 29.1 Å². The van der Waals surface area contributed by atoms with E-state index in [0.29, 0.717) is 0 Å². The highest BCUT2D eigenvalue weighted by atomic mass is 35.5. The molecule has 5 nitrogen and oxygen atoms in total. The monoisotopic (exact) mass is 390 g/mol.